The molecule has 3 nitrogen and oxygen atoms in total. The molecule has 0 atom stereocenters. The van der Waals surface area contributed by atoms with Gasteiger partial charge in [0.1, 0.15) is 0 Å². The third-order valence-corrected chi connectivity index (χ3v) is 1.17. The van der Waals surface area contributed by atoms with Crippen molar-refractivity contribution in [1.82, 2.24) is 5.32 Å². The molecule has 0 radical (unpaired) electrons. The van der Waals surface area contributed by atoms with Crippen LogP contribution in [0, 0.1) is 0 Å². The van der Waals surface area contributed by atoms with Gasteiger partial charge in [-0.05, 0) is 25.5 Å². The number of unbranched alkanes of at least 4 members (excludes halogenated alkanes) is 2. The number of rotatable bonds is 6. The van der Waals surface area contributed by atoms with Crippen LogP contribution < -0.4 is 5.32 Å². The van der Waals surface area contributed by atoms with Crippen LogP contribution in [0.15, 0.2) is 4.99 Å². The first-order valence-electron chi connectivity index (χ1n) is 3.49. The van der Waals surface area contributed by atoms with Gasteiger partial charge in [0.15, 0.2) is 0 Å². The molecule has 0 heterocycles. The molecule has 0 aromatic rings. The SMILES string of the molecule is [13CH3]/N=C\CCCCN[13CH]=O. The zero-order valence-electron chi connectivity index (χ0n) is 6.34. The van der Waals surface area contributed by atoms with Crippen LogP contribution in [0.25, 0.3) is 0 Å². The molecule has 0 bridgehead atoms. The van der Waals surface area contributed by atoms with E-state index in [9.17, 15) is 4.79 Å². The highest BCUT2D eigenvalue weighted by Crippen LogP contribution is 1.89. The van der Waals surface area contributed by atoms with Crippen LogP contribution in [0.3, 0.4) is 0 Å². The summed E-state index contributed by atoms with van der Waals surface area (Å²) in [5, 5.41) is 2.60. The van der Waals surface area contributed by atoms with Crippen LogP contribution in [0.2, 0.25) is 0 Å². The Kier molecular flexibility index (Phi) is 7.44. The van der Waals surface area contributed by atoms with Gasteiger partial charge in [-0.25, -0.2) is 0 Å². The Morgan fingerprint density at radius 2 is 2.30 bits per heavy atom. The normalized spacial score (nSPS) is 10.1. The lowest BCUT2D eigenvalue weighted by Crippen LogP contribution is -2.11. The molecule has 1 N–H and O–H groups in total. The number of aliphatic imine (C=N–C) groups is 1. The molecule has 0 aromatic carbocycles. The third kappa shape index (κ3) is 7.14. The van der Waals surface area contributed by atoms with Gasteiger partial charge in [0.05, 0.1) is 0 Å². The first kappa shape index (κ1) is 9.14. The highest BCUT2D eigenvalue weighted by atomic mass is 16.2. The van der Waals surface area contributed by atoms with Crippen molar-refractivity contribution in [3.63, 3.8) is 0 Å². The van der Waals surface area contributed by atoms with E-state index in [-0.39, 0.29) is 0 Å². The van der Waals surface area contributed by atoms with E-state index in [0.29, 0.717) is 0 Å². The summed E-state index contributed by atoms with van der Waals surface area (Å²) in [6, 6.07) is 0. The van der Waals surface area contributed by atoms with Crippen LogP contribution in [0.5, 0.6) is 0 Å². The quantitative estimate of drug-likeness (QED) is 0.252. The van der Waals surface area contributed by atoms with E-state index >= 15 is 0 Å². The second-order valence-electron chi connectivity index (χ2n) is 2.01. The van der Waals surface area contributed by atoms with Crippen LogP contribution in [0.1, 0.15) is 19.3 Å². The largest absolute Gasteiger partial charge is 0.359 e. The summed E-state index contributed by atoms with van der Waals surface area (Å²) in [6.07, 6.45) is 5.76. The van der Waals surface area contributed by atoms with Crippen molar-refractivity contribution in [1.29, 1.82) is 0 Å². The van der Waals surface area contributed by atoms with E-state index in [4.69, 9.17) is 0 Å². The molecule has 0 spiro atoms. The summed E-state index contributed by atoms with van der Waals surface area (Å²) >= 11 is 0. The summed E-state index contributed by atoms with van der Waals surface area (Å²) in [7, 11) is 1.77. The molecular formula is C7H14N2O. The number of carbonyl (C=O) groups excluding carboxylic acids is 1. The fraction of sp³-hybridized carbons (Fsp3) is 0.714. The van der Waals surface area contributed by atoms with Gasteiger partial charge in [-0.3, -0.25) is 4.79 Å². The van der Waals surface area contributed by atoms with E-state index in [1.807, 2.05) is 6.21 Å². The zero-order chi connectivity index (χ0) is 7.66. The second-order valence-corrected chi connectivity index (χ2v) is 2.01. The molecule has 0 aliphatic carbocycles. The summed E-state index contributed by atoms with van der Waals surface area (Å²) in [5.74, 6) is 0. The Hall–Kier alpha value is -0.860. The maximum Gasteiger partial charge on any atom is 0.207 e. The topological polar surface area (TPSA) is 41.5 Å². The summed E-state index contributed by atoms with van der Waals surface area (Å²) < 4.78 is 0. The zero-order valence-corrected chi connectivity index (χ0v) is 6.34. The molecule has 0 fully saturated rings. The standard InChI is InChI=1S/C7H14N2O/c1-8-5-3-2-4-6-9-7-10/h5,7H,2-4,6H2,1H3,(H,9,10)/b8-5-/i1+1,7+1. The molecule has 1 amide bonds. The number of hydrogen-bond donors (Lipinski definition) is 1. The highest BCUT2D eigenvalue weighted by molar-refractivity contribution is 5.56. The Morgan fingerprint density at radius 1 is 1.50 bits per heavy atom. The molecule has 0 aliphatic heterocycles. The molecule has 0 aliphatic rings. The van der Waals surface area contributed by atoms with E-state index in [1.54, 1.807) is 7.05 Å². The fourth-order valence-electron chi connectivity index (χ4n) is 0.651. The van der Waals surface area contributed by atoms with Crippen molar-refractivity contribution in [2.45, 2.75) is 19.3 Å². The molecule has 0 saturated carbocycles. The minimum absolute atomic E-state index is 0.730. The van der Waals surface area contributed by atoms with Crippen molar-refractivity contribution in [3.8, 4) is 0 Å². The maximum absolute atomic E-state index is 9.76. The minimum Gasteiger partial charge on any atom is -0.359 e. The smallest absolute Gasteiger partial charge is 0.207 e. The predicted octanol–water partition coefficient (Wildman–Crippen LogP) is 0.603. The van der Waals surface area contributed by atoms with Gasteiger partial charge >= 0.3 is 0 Å². The van der Waals surface area contributed by atoms with E-state index in [0.717, 1.165) is 32.2 Å². The Bertz CT molecular complexity index is 102. The number of amides is 1. The van der Waals surface area contributed by atoms with Crippen molar-refractivity contribution in [2.24, 2.45) is 4.99 Å². The molecule has 3 heteroatoms. The van der Waals surface area contributed by atoms with Gasteiger partial charge < -0.3 is 10.3 Å². The monoisotopic (exact) mass is 144 g/mol. The Balaban J connectivity index is 2.83. The lowest BCUT2D eigenvalue weighted by molar-refractivity contribution is -0.109. The minimum atomic E-state index is 0.730. The molecule has 0 rings (SSSR count). The summed E-state index contributed by atoms with van der Waals surface area (Å²) in [5.41, 5.74) is 0. The Labute approximate surface area is 61.5 Å². The predicted molar refractivity (Wildman–Crippen MR) is 42.3 cm³/mol. The van der Waals surface area contributed by atoms with Gasteiger partial charge in [-0.2, -0.15) is 0 Å². The van der Waals surface area contributed by atoms with Crippen molar-refractivity contribution in [3.05, 3.63) is 0 Å². The molecule has 0 unspecified atom stereocenters. The number of carbonyl (C=O) groups is 1. The number of nitrogens with one attached hydrogen (secondary N) is 1. The molecular weight excluding hydrogens is 130 g/mol. The van der Waals surface area contributed by atoms with Crippen LogP contribution in [0.4, 0.5) is 0 Å². The average Bonchev–Trinajstić information content (AvgIpc) is 1.97. The highest BCUT2D eigenvalue weighted by Gasteiger charge is 1.83. The maximum atomic E-state index is 9.76. The van der Waals surface area contributed by atoms with Gasteiger partial charge in [-0.15, -0.1) is 0 Å². The van der Waals surface area contributed by atoms with E-state index in [1.165, 1.54) is 0 Å². The third-order valence-electron chi connectivity index (χ3n) is 1.17. The lowest BCUT2D eigenvalue weighted by Gasteiger charge is -1.94. The number of hydrogen-bond acceptors (Lipinski definition) is 2. The Morgan fingerprint density at radius 3 is 2.90 bits per heavy atom. The van der Waals surface area contributed by atoms with Gasteiger partial charge in [-0.1, -0.05) is 0 Å². The van der Waals surface area contributed by atoms with Crippen LogP contribution >= 0.6 is 0 Å². The van der Waals surface area contributed by atoms with Gasteiger partial charge in [0.2, 0.25) is 6.41 Å². The van der Waals surface area contributed by atoms with Crippen LogP contribution in [-0.2, 0) is 4.79 Å². The van der Waals surface area contributed by atoms with Crippen molar-refractivity contribution in [2.75, 3.05) is 13.6 Å². The number of nitrogens with zero attached hydrogens (tertiary/aromatic N) is 1. The van der Waals surface area contributed by atoms with Crippen LogP contribution in [-0.4, -0.2) is 26.2 Å². The summed E-state index contributed by atoms with van der Waals surface area (Å²) in [6.45, 7) is 0.779. The molecule has 0 saturated heterocycles. The van der Waals surface area contributed by atoms with E-state index < -0.39 is 0 Å². The molecule has 0 aromatic heterocycles. The molecule has 10 heavy (non-hydrogen) atoms. The van der Waals surface area contributed by atoms with Crippen molar-refractivity contribution < 1.29 is 4.79 Å². The van der Waals surface area contributed by atoms with E-state index in [2.05, 4.69) is 10.3 Å². The molecule has 58 valence electrons. The fourth-order valence-corrected chi connectivity index (χ4v) is 0.651. The first-order valence-corrected chi connectivity index (χ1v) is 3.49. The van der Waals surface area contributed by atoms with Gasteiger partial charge in [0.25, 0.3) is 0 Å². The van der Waals surface area contributed by atoms with Crippen molar-refractivity contribution >= 4 is 12.6 Å². The average molecular weight is 144 g/mol. The lowest BCUT2D eigenvalue weighted by atomic mass is 10.2. The van der Waals surface area contributed by atoms with Gasteiger partial charge in [0, 0.05) is 13.6 Å². The first-order chi connectivity index (χ1) is 4.91. The summed E-state index contributed by atoms with van der Waals surface area (Å²) in [4.78, 5) is 13.6. The second kappa shape index (κ2) is 8.14.